The molecule has 1 rings (SSSR count). The standard InChI is InChI=1S/C12H17FO/c1-4-7-14-10(3)12-6-5-11(13)8-9(12)2/h5-6,8,10H,4,7H2,1-3H3. The Morgan fingerprint density at radius 2 is 2.14 bits per heavy atom. The maximum Gasteiger partial charge on any atom is 0.123 e. The smallest absolute Gasteiger partial charge is 0.123 e. The van der Waals surface area contributed by atoms with Gasteiger partial charge in [0.2, 0.25) is 0 Å². The summed E-state index contributed by atoms with van der Waals surface area (Å²) >= 11 is 0. The summed E-state index contributed by atoms with van der Waals surface area (Å²) < 4.78 is 18.4. The number of aryl methyl sites for hydroxylation is 1. The molecule has 0 aliphatic heterocycles. The van der Waals surface area contributed by atoms with Crippen molar-refractivity contribution in [1.82, 2.24) is 0 Å². The minimum absolute atomic E-state index is 0.0514. The van der Waals surface area contributed by atoms with E-state index in [0.717, 1.165) is 24.2 Å². The van der Waals surface area contributed by atoms with Gasteiger partial charge in [0, 0.05) is 6.61 Å². The molecule has 1 nitrogen and oxygen atoms in total. The molecule has 0 heterocycles. The first-order valence-corrected chi connectivity index (χ1v) is 5.02. The van der Waals surface area contributed by atoms with Gasteiger partial charge >= 0.3 is 0 Å². The lowest BCUT2D eigenvalue weighted by Gasteiger charge is -2.15. The van der Waals surface area contributed by atoms with Gasteiger partial charge in [0.25, 0.3) is 0 Å². The van der Waals surface area contributed by atoms with Crippen molar-refractivity contribution in [3.63, 3.8) is 0 Å². The Balaban J connectivity index is 2.74. The lowest BCUT2D eigenvalue weighted by Crippen LogP contribution is -2.03. The van der Waals surface area contributed by atoms with Gasteiger partial charge in [-0.15, -0.1) is 0 Å². The van der Waals surface area contributed by atoms with E-state index in [-0.39, 0.29) is 11.9 Å². The number of halogens is 1. The summed E-state index contributed by atoms with van der Waals surface area (Å²) in [6.07, 6.45) is 1.06. The third kappa shape index (κ3) is 2.81. The third-order valence-corrected chi connectivity index (χ3v) is 2.24. The molecule has 14 heavy (non-hydrogen) atoms. The average molecular weight is 196 g/mol. The van der Waals surface area contributed by atoms with Crippen molar-refractivity contribution in [3.05, 3.63) is 35.1 Å². The second-order valence-electron chi connectivity index (χ2n) is 3.51. The fourth-order valence-corrected chi connectivity index (χ4v) is 1.48. The Bertz CT molecular complexity index is 296. The number of benzene rings is 1. The first-order valence-electron chi connectivity index (χ1n) is 5.02. The molecule has 0 radical (unpaired) electrons. The second-order valence-corrected chi connectivity index (χ2v) is 3.51. The van der Waals surface area contributed by atoms with Gasteiger partial charge in [-0.05, 0) is 43.5 Å². The van der Waals surface area contributed by atoms with Gasteiger partial charge in [-0.3, -0.25) is 0 Å². The highest BCUT2D eigenvalue weighted by Gasteiger charge is 2.08. The number of rotatable bonds is 4. The van der Waals surface area contributed by atoms with Crippen LogP contribution in [0.5, 0.6) is 0 Å². The Morgan fingerprint density at radius 3 is 2.71 bits per heavy atom. The summed E-state index contributed by atoms with van der Waals surface area (Å²) in [4.78, 5) is 0. The van der Waals surface area contributed by atoms with E-state index in [2.05, 4.69) is 6.92 Å². The summed E-state index contributed by atoms with van der Waals surface area (Å²) in [5, 5.41) is 0. The van der Waals surface area contributed by atoms with Crippen LogP contribution in [0.2, 0.25) is 0 Å². The SMILES string of the molecule is CCCOC(C)c1ccc(F)cc1C. The van der Waals surface area contributed by atoms with Crippen LogP contribution in [-0.4, -0.2) is 6.61 Å². The number of ether oxygens (including phenoxy) is 1. The van der Waals surface area contributed by atoms with E-state index in [1.165, 1.54) is 6.07 Å². The second kappa shape index (κ2) is 5.11. The fourth-order valence-electron chi connectivity index (χ4n) is 1.48. The molecule has 0 saturated carbocycles. The van der Waals surface area contributed by atoms with Crippen LogP contribution in [0.4, 0.5) is 4.39 Å². The topological polar surface area (TPSA) is 9.23 Å². The molecule has 0 fully saturated rings. The van der Waals surface area contributed by atoms with E-state index < -0.39 is 0 Å². The predicted molar refractivity (Wildman–Crippen MR) is 55.8 cm³/mol. The van der Waals surface area contributed by atoms with Crippen molar-refractivity contribution >= 4 is 0 Å². The molecule has 0 amide bonds. The normalized spacial score (nSPS) is 12.9. The minimum atomic E-state index is -0.186. The van der Waals surface area contributed by atoms with Crippen LogP contribution < -0.4 is 0 Å². The summed E-state index contributed by atoms with van der Waals surface area (Å²) in [6.45, 7) is 6.72. The molecule has 0 spiro atoms. The molecule has 0 aliphatic rings. The minimum Gasteiger partial charge on any atom is -0.374 e. The van der Waals surface area contributed by atoms with Gasteiger partial charge in [-0.25, -0.2) is 4.39 Å². The Kier molecular flexibility index (Phi) is 4.08. The molecule has 1 aromatic carbocycles. The molecule has 0 saturated heterocycles. The molecule has 78 valence electrons. The van der Waals surface area contributed by atoms with E-state index in [0.29, 0.717) is 0 Å². The van der Waals surface area contributed by atoms with Gasteiger partial charge in [-0.1, -0.05) is 13.0 Å². The number of hydrogen-bond acceptors (Lipinski definition) is 1. The van der Waals surface area contributed by atoms with Gasteiger partial charge in [0.1, 0.15) is 5.82 Å². The maximum absolute atomic E-state index is 12.8. The molecular weight excluding hydrogens is 179 g/mol. The average Bonchev–Trinajstić information content (AvgIpc) is 2.14. The first-order chi connectivity index (χ1) is 6.65. The van der Waals surface area contributed by atoms with Crippen molar-refractivity contribution in [1.29, 1.82) is 0 Å². The molecule has 0 aliphatic carbocycles. The van der Waals surface area contributed by atoms with Crippen molar-refractivity contribution in [2.45, 2.75) is 33.3 Å². The zero-order valence-electron chi connectivity index (χ0n) is 9.01. The summed E-state index contributed by atoms with van der Waals surface area (Å²) in [5.74, 6) is -0.186. The highest BCUT2D eigenvalue weighted by atomic mass is 19.1. The van der Waals surface area contributed by atoms with E-state index in [1.54, 1.807) is 12.1 Å². The van der Waals surface area contributed by atoms with Crippen LogP contribution in [0.15, 0.2) is 18.2 Å². The quantitative estimate of drug-likeness (QED) is 0.714. The van der Waals surface area contributed by atoms with Gasteiger partial charge < -0.3 is 4.74 Å². The Hall–Kier alpha value is -0.890. The molecular formula is C12H17FO. The Morgan fingerprint density at radius 1 is 1.43 bits per heavy atom. The van der Waals surface area contributed by atoms with Crippen LogP contribution in [0.25, 0.3) is 0 Å². The molecule has 0 bridgehead atoms. The molecule has 0 N–H and O–H groups in total. The Labute approximate surface area is 84.9 Å². The first kappa shape index (κ1) is 11.2. The summed E-state index contributed by atoms with van der Waals surface area (Å²) in [7, 11) is 0. The summed E-state index contributed by atoms with van der Waals surface area (Å²) in [5.41, 5.74) is 2.02. The maximum atomic E-state index is 12.8. The van der Waals surface area contributed by atoms with Crippen LogP contribution >= 0.6 is 0 Å². The van der Waals surface area contributed by atoms with Gasteiger partial charge in [-0.2, -0.15) is 0 Å². The highest BCUT2D eigenvalue weighted by molar-refractivity contribution is 5.28. The number of hydrogen-bond donors (Lipinski definition) is 0. The lowest BCUT2D eigenvalue weighted by atomic mass is 10.0. The molecule has 1 atom stereocenters. The molecule has 1 aromatic rings. The summed E-state index contributed by atoms with van der Waals surface area (Å²) in [6, 6.07) is 4.82. The van der Waals surface area contributed by atoms with Crippen molar-refractivity contribution in [3.8, 4) is 0 Å². The zero-order chi connectivity index (χ0) is 10.6. The van der Waals surface area contributed by atoms with Gasteiger partial charge in [0.05, 0.1) is 6.10 Å². The van der Waals surface area contributed by atoms with Crippen LogP contribution in [0.1, 0.15) is 37.5 Å². The monoisotopic (exact) mass is 196 g/mol. The molecule has 0 aromatic heterocycles. The van der Waals surface area contributed by atoms with Crippen LogP contribution in [-0.2, 0) is 4.74 Å². The van der Waals surface area contributed by atoms with E-state index in [1.807, 2.05) is 13.8 Å². The predicted octanol–water partition coefficient (Wildman–Crippen LogP) is 3.62. The largest absolute Gasteiger partial charge is 0.374 e. The van der Waals surface area contributed by atoms with E-state index >= 15 is 0 Å². The van der Waals surface area contributed by atoms with Gasteiger partial charge in [0.15, 0.2) is 0 Å². The van der Waals surface area contributed by atoms with Crippen molar-refractivity contribution in [2.24, 2.45) is 0 Å². The van der Waals surface area contributed by atoms with E-state index in [4.69, 9.17) is 4.74 Å². The lowest BCUT2D eigenvalue weighted by molar-refractivity contribution is 0.0658. The zero-order valence-corrected chi connectivity index (χ0v) is 9.01. The highest BCUT2D eigenvalue weighted by Crippen LogP contribution is 2.21. The third-order valence-electron chi connectivity index (χ3n) is 2.24. The fraction of sp³-hybridized carbons (Fsp3) is 0.500. The molecule has 2 heteroatoms. The van der Waals surface area contributed by atoms with Crippen molar-refractivity contribution < 1.29 is 9.13 Å². The van der Waals surface area contributed by atoms with Crippen LogP contribution in [0.3, 0.4) is 0 Å². The van der Waals surface area contributed by atoms with E-state index in [9.17, 15) is 4.39 Å². The molecule has 1 unspecified atom stereocenters. The van der Waals surface area contributed by atoms with Crippen LogP contribution in [0, 0.1) is 12.7 Å². The van der Waals surface area contributed by atoms with Crippen molar-refractivity contribution in [2.75, 3.05) is 6.61 Å².